The fraction of sp³-hybridized carbons (Fsp3) is 0.208. The first-order valence-corrected chi connectivity index (χ1v) is 11.0. The SMILES string of the molecule is COc1ccc2cc(C(C)c3nnc4sc(Nc5ccc(C)cc5C)nn34)ccc2c1. The van der Waals surface area contributed by atoms with Crippen molar-refractivity contribution in [3.8, 4) is 5.75 Å². The van der Waals surface area contributed by atoms with Crippen LogP contribution in [0.4, 0.5) is 10.8 Å². The fourth-order valence-corrected chi connectivity index (χ4v) is 4.57. The highest BCUT2D eigenvalue weighted by Crippen LogP contribution is 2.31. The van der Waals surface area contributed by atoms with E-state index in [0.29, 0.717) is 0 Å². The first-order chi connectivity index (χ1) is 15.0. The number of anilines is 2. The van der Waals surface area contributed by atoms with Gasteiger partial charge >= 0.3 is 0 Å². The molecular formula is C24H23N5OS. The van der Waals surface area contributed by atoms with Gasteiger partial charge in [-0.25, -0.2) is 0 Å². The van der Waals surface area contributed by atoms with Crippen molar-refractivity contribution >= 4 is 37.9 Å². The van der Waals surface area contributed by atoms with Crippen LogP contribution in [0.1, 0.15) is 35.4 Å². The van der Waals surface area contributed by atoms with Crippen molar-refractivity contribution in [2.24, 2.45) is 0 Å². The topological polar surface area (TPSA) is 64.3 Å². The molecule has 1 N–H and O–H groups in total. The molecule has 0 aliphatic heterocycles. The van der Waals surface area contributed by atoms with Crippen molar-refractivity contribution < 1.29 is 4.74 Å². The first-order valence-electron chi connectivity index (χ1n) is 10.2. The number of aryl methyl sites for hydroxylation is 2. The summed E-state index contributed by atoms with van der Waals surface area (Å²) in [7, 11) is 1.69. The van der Waals surface area contributed by atoms with E-state index in [1.807, 2.05) is 16.6 Å². The first kappa shape index (κ1) is 19.5. The van der Waals surface area contributed by atoms with E-state index in [0.717, 1.165) is 32.7 Å². The van der Waals surface area contributed by atoms with Gasteiger partial charge in [-0.3, -0.25) is 0 Å². The Morgan fingerprint density at radius 3 is 2.58 bits per heavy atom. The van der Waals surface area contributed by atoms with Crippen LogP contribution in [-0.4, -0.2) is 26.9 Å². The van der Waals surface area contributed by atoms with Crippen LogP contribution in [-0.2, 0) is 0 Å². The zero-order chi connectivity index (χ0) is 21.5. The van der Waals surface area contributed by atoms with Crippen molar-refractivity contribution in [2.75, 3.05) is 12.4 Å². The third-order valence-corrected chi connectivity index (χ3v) is 6.41. The summed E-state index contributed by atoms with van der Waals surface area (Å²) in [5.41, 5.74) is 4.65. The number of hydrogen-bond donors (Lipinski definition) is 1. The van der Waals surface area contributed by atoms with Crippen LogP contribution in [0.3, 0.4) is 0 Å². The van der Waals surface area contributed by atoms with Gasteiger partial charge < -0.3 is 10.1 Å². The Morgan fingerprint density at radius 1 is 0.968 bits per heavy atom. The van der Waals surface area contributed by atoms with Crippen molar-refractivity contribution in [3.05, 3.63) is 77.1 Å². The molecule has 0 spiro atoms. The van der Waals surface area contributed by atoms with Gasteiger partial charge in [-0.1, -0.05) is 60.2 Å². The number of nitrogens with one attached hydrogen (secondary N) is 1. The van der Waals surface area contributed by atoms with E-state index in [1.54, 1.807) is 7.11 Å². The molecule has 6 nitrogen and oxygen atoms in total. The molecule has 0 saturated heterocycles. The number of ether oxygens (including phenoxy) is 1. The van der Waals surface area contributed by atoms with Gasteiger partial charge in [-0.2, -0.15) is 4.52 Å². The van der Waals surface area contributed by atoms with Crippen molar-refractivity contribution in [3.63, 3.8) is 0 Å². The Hall–Kier alpha value is -3.45. The molecule has 0 aliphatic carbocycles. The third-order valence-electron chi connectivity index (χ3n) is 5.60. The number of methoxy groups -OCH3 is 1. The van der Waals surface area contributed by atoms with Gasteiger partial charge in [0.05, 0.1) is 7.11 Å². The number of nitrogens with zero attached hydrogens (tertiary/aromatic N) is 4. The number of aromatic nitrogens is 4. The lowest BCUT2D eigenvalue weighted by molar-refractivity contribution is 0.415. The van der Waals surface area contributed by atoms with Crippen molar-refractivity contribution in [1.29, 1.82) is 0 Å². The van der Waals surface area contributed by atoms with Gasteiger partial charge in [-0.05, 0) is 53.9 Å². The lowest BCUT2D eigenvalue weighted by Crippen LogP contribution is -2.04. The molecule has 3 aromatic carbocycles. The summed E-state index contributed by atoms with van der Waals surface area (Å²) >= 11 is 1.50. The molecule has 5 aromatic rings. The monoisotopic (exact) mass is 429 g/mol. The van der Waals surface area contributed by atoms with Gasteiger partial charge in [0, 0.05) is 11.6 Å². The third kappa shape index (κ3) is 3.61. The van der Waals surface area contributed by atoms with E-state index in [9.17, 15) is 0 Å². The fourth-order valence-electron chi connectivity index (χ4n) is 3.81. The average Bonchev–Trinajstić information content (AvgIpc) is 3.34. The van der Waals surface area contributed by atoms with Gasteiger partial charge in [0.15, 0.2) is 5.82 Å². The highest BCUT2D eigenvalue weighted by atomic mass is 32.1. The predicted molar refractivity (Wildman–Crippen MR) is 126 cm³/mol. The highest BCUT2D eigenvalue weighted by molar-refractivity contribution is 7.20. The van der Waals surface area contributed by atoms with Crippen molar-refractivity contribution in [1.82, 2.24) is 19.8 Å². The van der Waals surface area contributed by atoms with Crippen LogP contribution in [0.25, 0.3) is 15.7 Å². The summed E-state index contributed by atoms with van der Waals surface area (Å²) in [5.74, 6) is 1.74. The molecule has 31 heavy (non-hydrogen) atoms. The molecule has 2 aromatic heterocycles. The van der Waals surface area contributed by atoms with Crippen LogP contribution >= 0.6 is 11.3 Å². The number of benzene rings is 3. The summed E-state index contributed by atoms with van der Waals surface area (Å²) in [6, 6.07) is 18.9. The number of hydrogen-bond acceptors (Lipinski definition) is 6. The van der Waals surface area contributed by atoms with Gasteiger partial charge in [0.1, 0.15) is 5.75 Å². The Labute approximate surface area is 184 Å². The normalized spacial score (nSPS) is 12.4. The van der Waals surface area contributed by atoms with Crippen LogP contribution < -0.4 is 10.1 Å². The van der Waals surface area contributed by atoms with E-state index in [4.69, 9.17) is 9.84 Å². The van der Waals surface area contributed by atoms with Crippen LogP contribution in [0.2, 0.25) is 0 Å². The maximum atomic E-state index is 5.33. The molecule has 0 radical (unpaired) electrons. The Kier molecular flexibility index (Phi) is 4.82. The molecule has 7 heteroatoms. The Morgan fingerprint density at radius 2 is 1.77 bits per heavy atom. The maximum absolute atomic E-state index is 5.33. The number of fused-ring (bicyclic) bond motifs is 2. The molecule has 0 amide bonds. The molecule has 0 aliphatic rings. The van der Waals surface area contributed by atoms with E-state index in [-0.39, 0.29) is 5.92 Å². The molecule has 0 fully saturated rings. The smallest absolute Gasteiger partial charge is 0.236 e. The molecule has 1 unspecified atom stereocenters. The van der Waals surface area contributed by atoms with Gasteiger partial charge in [0.2, 0.25) is 10.1 Å². The summed E-state index contributed by atoms with van der Waals surface area (Å²) in [6.07, 6.45) is 0. The largest absolute Gasteiger partial charge is 0.497 e. The molecule has 2 heterocycles. The second-order valence-corrected chi connectivity index (χ2v) is 8.75. The van der Waals surface area contributed by atoms with E-state index in [2.05, 4.69) is 78.7 Å². The zero-order valence-corrected chi connectivity index (χ0v) is 18.7. The summed E-state index contributed by atoms with van der Waals surface area (Å²) in [4.78, 5) is 0.777. The highest BCUT2D eigenvalue weighted by Gasteiger charge is 2.19. The Bertz CT molecular complexity index is 1400. The van der Waals surface area contributed by atoms with E-state index in [1.165, 1.54) is 33.4 Å². The quantitative estimate of drug-likeness (QED) is 0.379. The summed E-state index contributed by atoms with van der Waals surface area (Å²) < 4.78 is 7.18. The molecule has 0 saturated carbocycles. The molecule has 1 atom stereocenters. The second-order valence-electron chi connectivity index (χ2n) is 7.80. The second kappa shape index (κ2) is 7.67. The molecule has 5 rings (SSSR count). The minimum absolute atomic E-state index is 0.0533. The van der Waals surface area contributed by atoms with Crippen LogP contribution in [0.15, 0.2) is 54.6 Å². The maximum Gasteiger partial charge on any atom is 0.236 e. The van der Waals surface area contributed by atoms with Crippen molar-refractivity contribution in [2.45, 2.75) is 26.7 Å². The Balaban J connectivity index is 1.46. The minimum atomic E-state index is 0.0533. The summed E-state index contributed by atoms with van der Waals surface area (Å²) in [5, 5.41) is 20.1. The van der Waals surface area contributed by atoms with E-state index < -0.39 is 0 Å². The molecular weight excluding hydrogens is 406 g/mol. The minimum Gasteiger partial charge on any atom is -0.497 e. The summed E-state index contributed by atoms with van der Waals surface area (Å²) in [6.45, 7) is 6.33. The molecule has 0 bridgehead atoms. The lowest BCUT2D eigenvalue weighted by atomic mass is 9.97. The van der Waals surface area contributed by atoms with Crippen LogP contribution in [0, 0.1) is 13.8 Å². The van der Waals surface area contributed by atoms with Gasteiger partial charge in [0.25, 0.3) is 0 Å². The van der Waals surface area contributed by atoms with Gasteiger partial charge in [-0.15, -0.1) is 15.3 Å². The zero-order valence-electron chi connectivity index (χ0n) is 17.9. The number of rotatable bonds is 5. The molecule has 156 valence electrons. The standard InChI is InChI=1S/C24H23N5OS/c1-14-5-10-21(15(2)11-14)25-23-28-29-22(26-27-24(29)31-23)16(3)17-6-7-19-13-20(30-4)9-8-18(19)12-17/h5-13,16H,1-4H3,(H,25,28). The predicted octanol–water partition coefficient (Wildman–Crippen LogP) is 5.86. The van der Waals surface area contributed by atoms with E-state index >= 15 is 0 Å². The lowest BCUT2D eigenvalue weighted by Gasteiger charge is -2.11. The van der Waals surface area contributed by atoms with Crippen LogP contribution in [0.5, 0.6) is 5.75 Å². The average molecular weight is 430 g/mol.